The highest BCUT2D eigenvalue weighted by atomic mass is 19.3. The zero-order chi connectivity index (χ0) is 13.1. The van der Waals surface area contributed by atoms with Gasteiger partial charge < -0.3 is 16.2 Å². The number of hydrogen-bond acceptors (Lipinski definition) is 3. The maximum absolute atomic E-state index is 12.7. The van der Waals surface area contributed by atoms with Crippen molar-refractivity contribution in [2.75, 3.05) is 24.2 Å². The number of halogens is 4. The molecule has 96 valence electrons. The highest BCUT2D eigenvalue weighted by Crippen LogP contribution is 2.29. The van der Waals surface area contributed by atoms with Gasteiger partial charge in [0.05, 0.1) is 6.54 Å². The number of nitrogen functional groups attached to an aromatic ring is 1. The quantitative estimate of drug-likeness (QED) is 0.556. The first kappa shape index (κ1) is 13.6. The van der Waals surface area contributed by atoms with Gasteiger partial charge in [-0.15, -0.1) is 0 Å². The Hall–Kier alpha value is -1.50. The maximum Gasteiger partial charge on any atom is 0.287 e. The summed E-state index contributed by atoms with van der Waals surface area (Å²) in [6, 6.07) is 3.54. The van der Waals surface area contributed by atoms with Crippen molar-refractivity contribution in [3.05, 3.63) is 23.8 Å². The van der Waals surface area contributed by atoms with Crippen LogP contribution in [-0.2, 0) is 0 Å². The van der Waals surface area contributed by atoms with Crippen LogP contribution in [0.15, 0.2) is 18.2 Å². The lowest BCUT2D eigenvalue weighted by Gasteiger charge is -2.17. The summed E-state index contributed by atoms with van der Waals surface area (Å²) < 4.78 is 50.6. The molecular formula is C10H12F4N2O. The number of hydrogen-bond donors (Lipinski definition) is 3. The Labute approximate surface area is 95.2 Å². The van der Waals surface area contributed by atoms with E-state index >= 15 is 0 Å². The molecule has 0 heterocycles. The molecule has 1 aromatic carbocycles. The molecule has 0 bridgehead atoms. The summed E-state index contributed by atoms with van der Waals surface area (Å²) >= 11 is 0. The van der Waals surface area contributed by atoms with Gasteiger partial charge in [0.2, 0.25) is 0 Å². The Morgan fingerprint density at radius 1 is 1.35 bits per heavy atom. The molecule has 17 heavy (non-hydrogen) atoms. The lowest BCUT2D eigenvalue weighted by Crippen LogP contribution is -2.31. The molecule has 0 saturated carbocycles. The van der Waals surface area contributed by atoms with E-state index in [1.54, 1.807) is 0 Å². The number of nitrogens with one attached hydrogen (secondary N) is 1. The summed E-state index contributed by atoms with van der Waals surface area (Å²) in [5.41, 5.74) is 4.88. The van der Waals surface area contributed by atoms with Gasteiger partial charge in [-0.1, -0.05) is 0 Å². The Balaban J connectivity index is 2.84. The molecule has 4 N–H and O–H groups in total. The fourth-order valence-corrected chi connectivity index (χ4v) is 1.20. The summed E-state index contributed by atoms with van der Waals surface area (Å²) in [6.07, 6.45) is -2.82. The van der Waals surface area contributed by atoms with Crippen molar-refractivity contribution in [3.63, 3.8) is 0 Å². The van der Waals surface area contributed by atoms with E-state index in [2.05, 4.69) is 5.32 Å². The van der Waals surface area contributed by atoms with Gasteiger partial charge in [-0.25, -0.2) is 17.6 Å². The summed E-state index contributed by atoms with van der Waals surface area (Å²) in [4.78, 5) is 0. The summed E-state index contributed by atoms with van der Waals surface area (Å²) in [7, 11) is 0. The van der Waals surface area contributed by atoms with E-state index in [9.17, 15) is 17.6 Å². The molecule has 0 amide bonds. The minimum Gasteiger partial charge on any atom is -0.399 e. The number of aliphatic hydroxyl groups excluding tert-OH is 1. The molecular weight excluding hydrogens is 240 g/mol. The number of nitrogens with two attached hydrogens (primary N) is 1. The van der Waals surface area contributed by atoms with Gasteiger partial charge in [-0.05, 0) is 18.2 Å². The topological polar surface area (TPSA) is 58.3 Å². The van der Waals surface area contributed by atoms with Crippen LogP contribution in [0.5, 0.6) is 0 Å². The minimum atomic E-state index is -3.36. The Bertz CT molecular complexity index is 385. The summed E-state index contributed by atoms with van der Waals surface area (Å²) in [6.45, 7) is -2.27. The molecule has 0 atom stereocenters. The molecule has 0 spiro atoms. The lowest BCUT2D eigenvalue weighted by molar-refractivity contribution is -0.0373. The van der Waals surface area contributed by atoms with Crippen molar-refractivity contribution >= 4 is 11.4 Å². The predicted octanol–water partition coefficient (Wildman–Crippen LogP) is 2.25. The molecule has 0 fully saturated rings. The SMILES string of the molecule is Nc1ccc(NCC(F)(F)CO)c(C(F)F)c1. The zero-order valence-electron chi connectivity index (χ0n) is 8.76. The van der Waals surface area contributed by atoms with E-state index in [0.29, 0.717) is 0 Å². The van der Waals surface area contributed by atoms with Crippen LogP contribution in [0.3, 0.4) is 0 Å². The summed E-state index contributed by atoms with van der Waals surface area (Å²) in [5, 5.41) is 10.5. The smallest absolute Gasteiger partial charge is 0.287 e. The third-order valence-electron chi connectivity index (χ3n) is 2.08. The average Bonchev–Trinajstić information content (AvgIpc) is 2.27. The first-order valence-electron chi connectivity index (χ1n) is 4.76. The van der Waals surface area contributed by atoms with E-state index in [0.717, 1.165) is 6.07 Å². The van der Waals surface area contributed by atoms with Crippen LogP contribution in [0.4, 0.5) is 28.9 Å². The zero-order valence-corrected chi connectivity index (χ0v) is 8.76. The maximum atomic E-state index is 12.7. The van der Waals surface area contributed by atoms with Crippen molar-refractivity contribution in [1.82, 2.24) is 0 Å². The van der Waals surface area contributed by atoms with Gasteiger partial charge in [-0.2, -0.15) is 0 Å². The van der Waals surface area contributed by atoms with Gasteiger partial charge >= 0.3 is 0 Å². The number of alkyl halides is 4. The third-order valence-corrected chi connectivity index (χ3v) is 2.08. The van der Waals surface area contributed by atoms with Crippen LogP contribution >= 0.6 is 0 Å². The number of rotatable bonds is 5. The Morgan fingerprint density at radius 2 is 2.00 bits per heavy atom. The van der Waals surface area contributed by atoms with Crippen LogP contribution < -0.4 is 11.1 Å². The second-order valence-corrected chi connectivity index (χ2v) is 3.52. The second-order valence-electron chi connectivity index (χ2n) is 3.52. The molecule has 1 rings (SSSR count). The van der Waals surface area contributed by atoms with Crippen molar-refractivity contribution in [2.45, 2.75) is 12.3 Å². The molecule has 7 heteroatoms. The number of aliphatic hydroxyl groups is 1. The number of benzene rings is 1. The number of anilines is 2. The highest BCUT2D eigenvalue weighted by Gasteiger charge is 2.28. The largest absolute Gasteiger partial charge is 0.399 e. The predicted molar refractivity (Wildman–Crippen MR) is 56.3 cm³/mol. The average molecular weight is 252 g/mol. The van der Waals surface area contributed by atoms with Crippen LogP contribution in [0.2, 0.25) is 0 Å². The van der Waals surface area contributed by atoms with Gasteiger partial charge in [-0.3, -0.25) is 0 Å². The van der Waals surface area contributed by atoms with Crippen molar-refractivity contribution in [3.8, 4) is 0 Å². The van der Waals surface area contributed by atoms with Crippen LogP contribution in [0.25, 0.3) is 0 Å². The van der Waals surface area contributed by atoms with Gasteiger partial charge in [0.25, 0.3) is 12.3 Å². The lowest BCUT2D eigenvalue weighted by atomic mass is 10.1. The molecule has 0 radical (unpaired) electrons. The monoisotopic (exact) mass is 252 g/mol. The normalized spacial score (nSPS) is 11.9. The second kappa shape index (κ2) is 5.22. The van der Waals surface area contributed by atoms with Crippen LogP contribution in [0.1, 0.15) is 12.0 Å². The summed E-state index contributed by atoms with van der Waals surface area (Å²) in [5.74, 6) is -3.36. The fraction of sp³-hybridized carbons (Fsp3) is 0.400. The molecule has 0 aliphatic carbocycles. The Kier molecular flexibility index (Phi) is 4.17. The first-order chi connectivity index (χ1) is 7.85. The van der Waals surface area contributed by atoms with E-state index in [-0.39, 0.29) is 11.4 Å². The molecule has 0 aliphatic rings. The van der Waals surface area contributed by atoms with Crippen LogP contribution in [0, 0.1) is 0 Å². The first-order valence-corrected chi connectivity index (χ1v) is 4.76. The van der Waals surface area contributed by atoms with Crippen molar-refractivity contribution in [2.24, 2.45) is 0 Å². The van der Waals surface area contributed by atoms with E-state index < -0.39 is 31.1 Å². The van der Waals surface area contributed by atoms with E-state index in [1.165, 1.54) is 12.1 Å². The molecule has 0 aromatic heterocycles. The minimum absolute atomic E-state index is 0.123. The molecule has 0 saturated heterocycles. The van der Waals surface area contributed by atoms with Crippen molar-refractivity contribution < 1.29 is 22.7 Å². The van der Waals surface area contributed by atoms with Gasteiger partial charge in [0.1, 0.15) is 6.61 Å². The van der Waals surface area contributed by atoms with E-state index in [1.807, 2.05) is 0 Å². The Morgan fingerprint density at radius 3 is 2.53 bits per heavy atom. The van der Waals surface area contributed by atoms with E-state index in [4.69, 9.17) is 10.8 Å². The molecule has 0 aliphatic heterocycles. The molecule has 1 aromatic rings. The third kappa shape index (κ3) is 3.77. The fourth-order valence-electron chi connectivity index (χ4n) is 1.20. The van der Waals surface area contributed by atoms with Crippen molar-refractivity contribution in [1.29, 1.82) is 0 Å². The molecule has 3 nitrogen and oxygen atoms in total. The van der Waals surface area contributed by atoms with Gasteiger partial charge in [0, 0.05) is 16.9 Å². The molecule has 0 unspecified atom stereocenters. The standard InChI is InChI=1S/C10H12F4N2O/c11-9(12)7-3-6(15)1-2-8(7)16-4-10(13,14)5-17/h1-3,9,16-17H,4-5,15H2. The van der Waals surface area contributed by atoms with Gasteiger partial charge in [0.15, 0.2) is 0 Å². The van der Waals surface area contributed by atoms with Crippen LogP contribution in [-0.4, -0.2) is 24.2 Å². The highest BCUT2D eigenvalue weighted by molar-refractivity contribution is 5.58.